The summed E-state index contributed by atoms with van der Waals surface area (Å²) in [4.78, 5) is 10.0. The molecule has 0 aliphatic carbocycles. The highest BCUT2D eigenvalue weighted by atomic mass is 32.2. The number of nitriles is 2. The molecule has 58 valence electrons. The molecule has 0 aliphatic heterocycles. The molecule has 0 rings (SSSR count). The average Bonchev–Trinajstić information content (AvgIpc) is 1.97. The molecule has 0 saturated heterocycles. The van der Waals surface area contributed by atoms with Gasteiger partial charge in [-0.05, 0) is 0 Å². The Morgan fingerprint density at radius 3 is 2.64 bits per heavy atom. The number of carboxylic acid groups (broad SMARTS) is 1. The summed E-state index contributed by atoms with van der Waals surface area (Å²) >= 11 is 0.971. The van der Waals surface area contributed by atoms with E-state index in [-0.39, 0.29) is 12.2 Å². The third-order valence-electron chi connectivity index (χ3n) is 0.829. The molecule has 0 fully saturated rings. The summed E-state index contributed by atoms with van der Waals surface area (Å²) in [6.45, 7) is 0. The molecule has 0 aromatic carbocycles. The molecule has 0 aromatic rings. The Morgan fingerprint density at radius 1 is 1.64 bits per heavy atom. The second kappa shape index (κ2) is 5.57. The lowest BCUT2D eigenvalue weighted by Gasteiger charge is -1.99. The first-order chi connectivity index (χ1) is 5.20. The highest BCUT2D eigenvalue weighted by molar-refractivity contribution is 8.00. The SMILES string of the molecule is N#CCC(C#N)SCC(=O)O. The van der Waals surface area contributed by atoms with E-state index in [1.807, 2.05) is 6.07 Å². The third kappa shape index (κ3) is 5.25. The Labute approximate surface area is 68.4 Å². The summed E-state index contributed by atoms with van der Waals surface area (Å²) in [6, 6.07) is 3.64. The summed E-state index contributed by atoms with van der Waals surface area (Å²) in [5.74, 6) is -1.09. The van der Waals surface area contributed by atoms with Gasteiger partial charge in [0, 0.05) is 0 Å². The van der Waals surface area contributed by atoms with E-state index in [2.05, 4.69) is 0 Å². The number of aliphatic carboxylic acids is 1. The first-order valence-corrected chi connectivity index (χ1v) is 3.85. The number of carbonyl (C=O) groups is 1. The number of nitrogens with zero attached hydrogens (tertiary/aromatic N) is 2. The van der Waals surface area contributed by atoms with Gasteiger partial charge in [-0.25, -0.2) is 0 Å². The second-order valence-corrected chi connectivity index (χ2v) is 2.88. The maximum atomic E-state index is 10.0. The Hall–Kier alpha value is -1.20. The fourth-order valence-corrected chi connectivity index (χ4v) is 1.01. The molecule has 0 bridgehead atoms. The van der Waals surface area contributed by atoms with Crippen LogP contribution in [0.4, 0.5) is 0 Å². The minimum Gasteiger partial charge on any atom is -0.481 e. The molecule has 4 nitrogen and oxygen atoms in total. The lowest BCUT2D eigenvalue weighted by Crippen LogP contribution is -2.05. The van der Waals surface area contributed by atoms with Gasteiger partial charge in [-0.2, -0.15) is 10.5 Å². The van der Waals surface area contributed by atoms with E-state index in [0.29, 0.717) is 0 Å². The summed E-state index contributed by atoms with van der Waals surface area (Å²) in [5, 5.41) is 24.2. The molecule has 0 aromatic heterocycles. The number of hydrogen-bond acceptors (Lipinski definition) is 4. The Bertz CT molecular complexity index is 216. The zero-order valence-corrected chi connectivity index (χ0v) is 6.47. The minimum absolute atomic E-state index is 0.0778. The van der Waals surface area contributed by atoms with Gasteiger partial charge in [0.2, 0.25) is 0 Å². The molecule has 0 spiro atoms. The average molecular weight is 170 g/mol. The third-order valence-corrected chi connectivity index (χ3v) is 1.92. The standard InChI is InChI=1S/C6H6N2O2S/c7-2-1-5(3-8)11-4-6(9)10/h5H,1,4H2,(H,9,10). The predicted molar refractivity (Wildman–Crippen MR) is 39.7 cm³/mol. The maximum Gasteiger partial charge on any atom is 0.313 e. The van der Waals surface area contributed by atoms with E-state index in [4.69, 9.17) is 15.6 Å². The summed E-state index contributed by atoms with van der Waals surface area (Å²) in [6.07, 6.45) is 0.0778. The van der Waals surface area contributed by atoms with Crippen molar-refractivity contribution in [2.75, 3.05) is 5.75 Å². The van der Waals surface area contributed by atoms with Gasteiger partial charge in [-0.3, -0.25) is 4.79 Å². The van der Waals surface area contributed by atoms with Crippen LogP contribution in [0.15, 0.2) is 0 Å². The zero-order valence-electron chi connectivity index (χ0n) is 5.65. The lowest BCUT2D eigenvalue weighted by atomic mass is 10.4. The molecule has 1 N–H and O–H groups in total. The summed E-state index contributed by atoms with van der Waals surface area (Å²) < 4.78 is 0. The van der Waals surface area contributed by atoms with Gasteiger partial charge in [0.15, 0.2) is 0 Å². The van der Waals surface area contributed by atoms with Gasteiger partial charge in [-0.1, -0.05) is 0 Å². The predicted octanol–water partition coefficient (Wildman–Crippen LogP) is 0.610. The van der Waals surface area contributed by atoms with Gasteiger partial charge in [-0.15, -0.1) is 11.8 Å². The van der Waals surface area contributed by atoms with Crippen LogP contribution >= 0.6 is 11.8 Å². The summed E-state index contributed by atoms with van der Waals surface area (Å²) in [7, 11) is 0. The van der Waals surface area contributed by atoms with Gasteiger partial charge >= 0.3 is 5.97 Å². The van der Waals surface area contributed by atoms with Crippen LogP contribution in [0.1, 0.15) is 6.42 Å². The van der Waals surface area contributed by atoms with Crippen molar-refractivity contribution in [3.05, 3.63) is 0 Å². The maximum absolute atomic E-state index is 10.0. The Morgan fingerprint density at radius 2 is 2.27 bits per heavy atom. The number of thioether (sulfide) groups is 1. The first-order valence-electron chi connectivity index (χ1n) is 2.80. The minimum atomic E-state index is -0.965. The highest BCUT2D eigenvalue weighted by Crippen LogP contribution is 2.12. The van der Waals surface area contributed by atoms with Gasteiger partial charge < -0.3 is 5.11 Å². The van der Waals surface area contributed by atoms with E-state index in [1.54, 1.807) is 6.07 Å². The van der Waals surface area contributed by atoms with Crippen molar-refractivity contribution in [3.63, 3.8) is 0 Å². The van der Waals surface area contributed by atoms with Crippen LogP contribution < -0.4 is 0 Å². The molecule has 0 radical (unpaired) electrons. The monoisotopic (exact) mass is 170 g/mol. The molecule has 1 atom stereocenters. The molecular weight excluding hydrogens is 164 g/mol. The van der Waals surface area contributed by atoms with Gasteiger partial charge in [0.1, 0.15) is 5.25 Å². The molecule has 5 heteroatoms. The fourth-order valence-electron chi connectivity index (χ4n) is 0.397. The zero-order chi connectivity index (χ0) is 8.69. The van der Waals surface area contributed by atoms with Crippen LogP contribution in [-0.4, -0.2) is 22.1 Å². The second-order valence-electron chi connectivity index (χ2n) is 1.68. The van der Waals surface area contributed by atoms with Crippen LogP contribution in [0, 0.1) is 22.7 Å². The lowest BCUT2D eigenvalue weighted by molar-refractivity contribution is -0.133. The van der Waals surface area contributed by atoms with Crippen molar-refractivity contribution in [2.45, 2.75) is 11.7 Å². The van der Waals surface area contributed by atoms with Crippen molar-refractivity contribution < 1.29 is 9.90 Å². The largest absolute Gasteiger partial charge is 0.481 e. The van der Waals surface area contributed by atoms with Crippen LogP contribution in [-0.2, 0) is 4.79 Å². The Kier molecular flexibility index (Phi) is 4.97. The normalized spacial score (nSPS) is 11.1. The van der Waals surface area contributed by atoms with Crippen LogP contribution in [0.25, 0.3) is 0 Å². The van der Waals surface area contributed by atoms with Crippen molar-refractivity contribution in [1.82, 2.24) is 0 Å². The van der Waals surface area contributed by atoms with Gasteiger partial charge in [0.05, 0.1) is 24.3 Å². The van der Waals surface area contributed by atoms with E-state index in [9.17, 15) is 4.79 Å². The van der Waals surface area contributed by atoms with E-state index in [0.717, 1.165) is 11.8 Å². The molecular formula is C6H6N2O2S. The molecule has 0 aliphatic rings. The van der Waals surface area contributed by atoms with Crippen LogP contribution in [0.5, 0.6) is 0 Å². The topological polar surface area (TPSA) is 84.9 Å². The number of carboxylic acids is 1. The highest BCUT2D eigenvalue weighted by Gasteiger charge is 2.08. The van der Waals surface area contributed by atoms with Crippen molar-refractivity contribution in [3.8, 4) is 12.1 Å². The van der Waals surface area contributed by atoms with Crippen LogP contribution in [0.3, 0.4) is 0 Å². The van der Waals surface area contributed by atoms with Crippen LogP contribution in [0.2, 0.25) is 0 Å². The molecule has 0 amide bonds. The molecule has 0 saturated carbocycles. The van der Waals surface area contributed by atoms with Crippen molar-refractivity contribution in [2.24, 2.45) is 0 Å². The van der Waals surface area contributed by atoms with Gasteiger partial charge in [0.25, 0.3) is 0 Å². The first kappa shape index (κ1) is 9.80. The quantitative estimate of drug-likeness (QED) is 0.668. The Balaban J connectivity index is 3.65. The van der Waals surface area contributed by atoms with E-state index in [1.165, 1.54) is 0 Å². The van der Waals surface area contributed by atoms with Crippen molar-refractivity contribution in [1.29, 1.82) is 10.5 Å². The number of hydrogen-bond donors (Lipinski definition) is 1. The summed E-state index contributed by atoms with van der Waals surface area (Å²) in [5.41, 5.74) is 0. The van der Waals surface area contributed by atoms with E-state index < -0.39 is 11.2 Å². The molecule has 1 unspecified atom stereocenters. The molecule has 11 heavy (non-hydrogen) atoms. The van der Waals surface area contributed by atoms with E-state index >= 15 is 0 Å². The fraction of sp³-hybridized carbons (Fsp3) is 0.500. The number of rotatable bonds is 4. The smallest absolute Gasteiger partial charge is 0.313 e. The van der Waals surface area contributed by atoms with Crippen molar-refractivity contribution >= 4 is 17.7 Å². The molecule has 0 heterocycles.